The zero-order valence-corrected chi connectivity index (χ0v) is 6.11. The smallest absolute Gasteiger partial charge is 0.217 e. The lowest BCUT2D eigenvalue weighted by Gasteiger charge is -1.92. The number of hydrogen-bond donors (Lipinski definition) is 1. The van der Waals surface area contributed by atoms with Gasteiger partial charge in [0.15, 0.2) is 0 Å². The molecule has 0 saturated carbocycles. The Kier molecular flexibility index (Phi) is 5.32. The molecule has 0 aromatic carbocycles. The zero-order valence-electron chi connectivity index (χ0n) is 5.36. The summed E-state index contributed by atoms with van der Waals surface area (Å²) in [5, 5.41) is 2.60. The second kappa shape index (κ2) is 5.63. The van der Waals surface area contributed by atoms with Crippen molar-refractivity contribution >= 4 is 17.5 Å². The fourth-order valence-electron chi connectivity index (χ4n) is 0.349. The summed E-state index contributed by atoms with van der Waals surface area (Å²) in [5.74, 6) is 0.480. The van der Waals surface area contributed by atoms with Gasteiger partial charge in [0.2, 0.25) is 5.91 Å². The molecule has 1 amide bonds. The minimum absolute atomic E-state index is 0.0192. The van der Waals surface area contributed by atoms with Crippen molar-refractivity contribution in [2.45, 2.75) is 6.92 Å². The summed E-state index contributed by atoms with van der Waals surface area (Å²) < 4.78 is 0. The predicted molar refractivity (Wildman–Crippen MR) is 38.5 cm³/mol. The standard InChI is InChI=1S/C6H10ClNO/c1-6(9)8-5-3-2-4-7/h2-3H,4-5H2,1H3,(H,8,9)/b3-2+. The molecule has 0 aliphatic heterocycles. The number of allylic oxidation sites excluding steroid dienone is 1. The summed E-state index contributed by atoms with van der Waals surface area (Å²) in [6, 6.07) is 0. The van der Waals surface area contributed by atoms with Gasteiger partial charge in [-0.25, -0.2) is 0 Å². The molecule has 0 heterocycles. The highest BCUT2D eigenvalue weighted by molar-refractivity contribution is 6.18. The van der Waals surface area contributed by atoms with Crippen LogP contribution in [0.15, 0.2) is 12.2 Å². The van der Waals surface area contributed by atoms with Gasteiger partial charge in [0, 0.05) is 19.3 Å². The minimum Gasteiger partial charge on any atom is -0.353 e. The Balaban J connectivity index is 3.09. The van der Waals surface area contributed by atoms with Crippen molar-refractivity contribution < 1.29 is 4.79 Å². The van der Waals surface area contributed by atoms with Crippen LogP contribution >= 0.6 is 11.6 Å². The van der Waals surface area contributed by atoms with E-state index >= 15 is 0 Å². The van der Waals surface area contributed by atoms with E-state index < -0.39 is 0 Å². The number of hydrogen-bond acceptors (Lipinski definition) is 1. The maximum atomic E-state index is 10.2. The Hall–Kier alpha value is -0.500. The molecule has 0 rings (SSSR count). The molecule has 0 aromatic heterocycles. The molecule has 3 heteroatoms. The molecule has 2 nitrogen and oxygen atoms in total. The molecule has 0 saturated heterocycles. The van der Waals surface area contributed by atoms with E-state index in [9.17, 15) is 4.79 Å². The second-order valence-corrected chi connectivity index (χ2v) is 1.87. The van der Waals surface area contributed by atoms with E-state index in [1.807, 2.05) is 6.08 Å². The summed E-state index contributed by atoms with van der Waals surface area (Å²) in [6.45, 7) is 2.05. The van der Waals surface area contributed by atoms with Crippen LogP contribution in [-0.2, 0) is 4.79 Å². The Labute approximate surface area is 59.9 Å². The number of alkyl halides is 1. The lowest BCUT2D eigenvalue weighted by Crippen LogP contribution is -2.19. The van der Waals surface area contributed by atoms with Crippen LogP contribution in [0.2, 0.25) is 0 Å². The van der Waals surface area contributed by atoms with Gasteiger partial charge in [-0.15, -0.1) is 11.6 Å². The van der Waals surface area contributed by atoms with Gasteiger partial charge in [-0.05, 0) is 0 Å². The summed E-state index contributed by atoms with van der Waals surface area (Å²) in [6.07, 6.45) is 3.60. The Bertz CT molecular complexity index is 112. The van der Waals surface area contributed by atoms with E-state index in [0.29, 0.717) is 12.4 Å². The van der Waals surface area contributed by atoms with Crippen LogP contribution in [0, 0.1) is 0 Å². The topological polar surface area (TPSA) is 29.1 Å². The molecular formula is C6H10ClNO. The molecule has 0 bridgehead atoms. The van der Waals surface area contributed by atoms with E-state index in [1.165, 1.54) is 6.92 Å². The maximum absolute atomic E-state index is 10.2. The average Bonchev–Trinajstić information content (AvgIpc) is 1.80. The third kappa shape index (κ3) is 7.50. The van der Waals surface area contributed by atoms with E-state index in [4.69, 9.17) is 11.6 Å². The molecule has 9 heavy (non-hydrogen) atoms. The van der Waals surface area contributed by atoms with Gasteiger partial charge in [-0.3, -0.25) is 4.79 Å². The van der Waals surface area contributed by atoms with Gasteiger partial charge >= 0.3 is 0 Å². The molecule has 0 aromatic rings. The summed E-state index contributed by atoms with van der Waals surface area (Å²) in [7, 11) is 0. The first-order valence-electron chi connectivity index (χ1n) is 2.72. The van der Waals surface area contributed by atoms with Crippen molar-refractivity contribution in [2.24, 2.45) is 0 Å². The fourth-order valence-corrected chi connectivity index (χ4v) is 0.475. The van der Waals surface area contributed by atoms with E-state index in [2.05, 4.69) is 5.32 Å². The largest absolute Gasteiger partial charge is 0.353 e. The van der Waals surface area contributed by atoms with Gasteiger partial charge in [0.05, 0.1) is 0 Å². The van der Waals surface area contributed by atoms with Gasteiger partial charge in [-0.2, -0.15) is 0 Å². The van der Waals surface area contributed by atoms with Crippen LogP contribution in [0.25, 0.3) is 0 Å². The third-order valence-corrected chi connectivity index (χ3v) is 0.903. The molecular weight excluding hydrogens is 138 g/mol. The highest BCUT2D eigenvalue weighted by Gasteiger charge is 1.82. The Morgan fingerprint density at radius 1 is 1.67 bits per heavy atom. The van der Waals surface area contributed by atoms with E-state index in [1.54, 1.807) is 6.08 Å². The number of nitrogens with one attached hydrogen (secondary N) is 1. The van der Waals surface area contributed by atoms with Crippen LogP contribution in [0.5, 0.6) is 0 Å². The van der Waals surface area contributed by atoms with Gasteiger partial charge in [-0.1, -0.05) is 12.2 Å². The molecule has 0 unspecified atom stereocenters. The van der Waals surface area contributed by atoms with Crippen molar-refractivity contribution in [2.75, 3.05) is 12.4 Å². The van der Waals surface area contributed by atoms with Crippen LogP contribution in [0.4, 0.5) is 0 Å². The maximum Gasteiger partial charge on any atom is 0.217 e. The number of amides is 1. The molecule has 0 radical (unpaired) electrons. The zero-order chi connectivity index (χ0) is 7.11. The third-order valence-electron chi connectivity index (χ3n) is 0.725. The van der Waals surface area contributed by atoms with Gasteiger partial charge in [0.1, 0.15) is 0 Å². The number of carbonyl (C=O) groups is 1. The van der Waals surface area contributed by atoms with Crippen LogP contribution < -0.4 is 5.32 Å². The molecule has 0 aliphatic carbocycles. The van der Waals surface area contributed by atoms with E-state index in [-0.39, 0.29) is 5.91 Å². The highest BCUT2D eigenvalue weighted by atomic mass is 35.5. The summed E-state index contributed by atoms with van der Waals surface area (Å²) in [5.41, 5.74) is 0. The fraction of sp³-hybridized carbons (Fsp3) is 0.500. The number of carbonyl (C=O) groups excluding carboxylic acids is 1. The van der Waals surface area contributed by atoms with Crippen molar-refractivity contribution in [3.05, 3.63) is 12.2 Å². The lowest BCUT2D eigenvalue weighted by atomic mass is 10.5. The molecule has 0 aliphatic rings. The van der Waals surface area contributed by atoms with Crippen molar-refractivity contribution in [1.82, 2.24) is 5.32 Å². The van der Waals surface area contributed by atoms with Crippen LogP contribution in [-0.4, -0.2) is 18.3 Å². The van der Waals surface area contributed by atoms with E-state index in [0.717, 1.165) is 0 Å². The first kappa shape index (κ1) is 8.50. The SMILES string of the molecule is CC(=O)NC/C=C/CCl. The quantitative estimate of drug-likeness (QED) is 0.467. The van der Waals surface area contributed by atoms with Gasteiger partial charge < -0.3 is 5.32 Å². The summed E-state index contributed by atoms with van der Waals surface area (Å²) >= 11 is 5.32. The van der Waals surface area contributed by atoms with Crippen molar-refractivity contribution in [1.29, 1.82) is 0 Å². The van der Waals surface area contributed by atoms with Gasteiger partial charge in [0.25, 0.3) is 0 Å². The van der Waals surface area contributed by atoms with Crippen molar-refractivity contribution in [3.8, 4) is 0 Å². The van der Waals surface area contributed by atoms with Crippen LogP contribution in [0.3, 0.4) is 0 Å². The predicted octanol–water partition coefficient (Wildman–Crippen LogP) is 0.917. The first-order chi connectivity index (χ1) is 4.27. The minimum atomic E-state index is -0.0192. The molecule has 1 N–H and O–H groups in total. The number of halogens is 1. The molecule has 52 valence electrons. The Morgan fingerprint density at radius 3 is 2.78 bits per heavy atom. The monoisotopic (exact) mass is 147 g/mol. The lowest BCUT2D eigenvalue weighted by molar-refractivity contribution is -0.118. The number of rotatable bonds is 3. The Morgan fingerprint density at radius 2 is 2.33 bits per heavy atom. The molecule has 0 fully saturated rings. The highest BCUT2D eigenvalue weighted by Crippen LogP contribution is 1.75. The normalized spacial score (nSPS) is 10.0. The summed E-state index contributed by atoms with van der Waals surface area (Å²) in [4.78, 5) is 10.2. The molecule has 0 spiro atoms. The van der Waals surface area contributed by atoms with Crippen LogP contribution in [0.1, 0.15) is 6.92 Å². The first-order valence-corrected chi connectivity index (χ1v) is 3.26. The molecule has 0 atom stereocenters. The second-order valence-electron chi connectivity index (χ2n) is 1.56. The average molecular weight is 148 g/mol. The van der Waals surface area contributed by atoms with Crippen molar-refractivity contribution in [3.63, 3.8) is 0 Å².